The van der Waals surface area contributed by atoms with Crippen molar-refractivity contribution in [1.29, 1.82) is 0 Å². The summed E-state index contributed by atoms with van der Waals surface area (Å²) in [4.78, 5) is 16.0. The molecule has 2 aromatic heterocycles. The fraction of sp³-hybridized carbons (Fsp3) is 0. The molecular formula is C15H9NOS. The molecular weight excluding hydrogens is 242 g/mol. The second-order valence-corrected chi connectivity index (χ2v) is 5.35. The minimum absolute atomic E-state index is 0.00958. The smallest absolute Gasteiger partial charge is 0.256 e. The maximum atomic E-state index is 12.0. The minimum Gasteiger partial charge on any atom is -0.313 e. The van der Waals surface area contributed by atoms with Crippen molar-refractivity contribution in [3.8, 4) is 0 Å². The summed E-state index contributed by atoms with van der Waals surface area (Å²) in [5, 5.41) is 4.16. The number of nitrogens with one attached hydrogen (secondary N) is 1. The second-order valence-electron chi connectivity index (χ2n) is 4.30. The molecule has 3 heteroatoms. The fourth-order valence-electron chi connectivity index (χ4n) is 2.47. The van der Waals surface area contributed by atoms with E-state index in [4.69, 9.17) is 0 Å². The Bertz CT molecular complexity index is 949. The summed E-state index contributed by atoms with van der Waals surface area (Å²) in [5.41, 5.74) is -0.00958. The van der Waals surface area contributed by atoms with Gasteiger partial charge < -0.3 is 4.98 Å². The van der Waals surface area contributed by atoms with Gasteiger partial charge in [0.05, 0.1) is 0 Å². The van der Waals surface area contributed by atoms with Crippen LogP contribution in [-0.4, -0.2) is 4.98 Å². The van der Waals surface area contributed by atoms with E-state index in [2.05, 4.69) is 17.1 Å². The number of thiophene rings is 1. The normalized spacial score (nSPS) is 11.6. The Hall–Kier alpha value is -2.13. The third-order valence-corrected chi connectivity index (χ3v) is 4.35. The first-order valence-corrected chi connectivity index (χ1v) is 6.58. The number of H-pyrrole nitrogens is 1. The van der Waals surface area contributed by atoms with Crippen LogP contribution in [0.2, 0.25) is 0 Å². The van der Waals surface area contributed by atoms with E-state index < -0.39 is 0 Å². The lowest BCUT2D eigenvalue weighted by Gasteiger charge is -1.99. The molecule has 2 heterocycles. The van der Waals surface area contributed by atoms with Crippen LogP contribution in [-0.2, 0) is 0 Å². The molecule has 18 heavy (non-hydrogen) atoms. The van der Waals surface area contributed by atoms with Gasteiger partial charge in [-0.3, -0.25) is 4.79 Å². The number of fused-ring (bicyclic) bond motifs is 5. The highest BCUT2D eigenvalue weighted by atomic mass is 32.1. The molecule has 4 rings (SSSR count). The molecule has 0 aliphatic rings. The van der Waals surface area contributed by atoms with Crippen molar-refractivity contribution in [2.75, 3.05) is 0 Å². The zero-order chi connectivity index (χ0) is 12.1. The Morgan fingerprint density at radius 3 is 2.33 bits per heavy atom. The van der Waals surface area contributed by atoms with Crippen molar-refractivity contribution in [2.45, 2.75) is 0 Å². The number of hydrogen-bond donors (Lipinski definition) is 1. The Balaban J connectivity index is 2.43. The average Bonchev–Trinajstić information content (AvgIpc) is 2.77. The lowest BCUT2D eigenvalue weighted by atomic mass is 10.1. The Morgan fingerprint density at radius 2 is 1.50 bits per heavy atom. The number of rotatable bonds is 0. The summed E-state index contributed by atoms with van der Waals surface area (Å²) in [5.74, 6) is 0. The molecule has 0 amide bonds. The molecule has 0 spiro atoms. The molecule has 4 aromatic rings. The van der Waals surface area contributed by atoms with Crippen molar-refractivity contribution in [3.63, 3.8) is 0 Å². The Labute approximate surface area is 106 Å². The number of benzene rings is 2. The van der Waals surface area contributed by atoms with Gasteiger partial charge in [0.25, 0.3) is 5.56 Å². The van der Waals surface area contributed by atoms with Gasteiger partial charge in [-0.25, -0.2) is 0 Å². The third kappa shape index (κ3) is 1.19. The monoisotopic (exact) mass is 251 g/mol. The first kappa shape index (κ1) is 9.85. The van der Waals surface area contributed by atoms with Gasteiger partial charge in [0.2, 0.25) is 0 Å². The molecule has 0 atom stereocenters. The van der Waals surface area contributed by atoms with Crippen LogP contribution < -0.4 is 5.56 Å². The molecule has 0 saturated carbocycles. The van der Waals surface area contributed by atoms with Crippen molar-refractivity contribution in [2.24, 2.45) is 0 Å². The van der Waals surface area contributed by atoms with Crippen LogP contribution in [0.3, 0.4) is 0 Å². The van der Waals surface area contributed by atoms with E-state index in [-0.39, 0.29) is 5.56 Å². The predicted molar refractivity (Wildman–Crippen MR) is 77.5 cm³/mol. The topological polar surface area (TPSA) is 32.9 Å². The quantitative estimate of drug-likeness (QED) is 0.505. The maximum Gasteiger partial charge on any atom is 0.256 e. The standard InChI is InChI=1S/C15H9NOS/c17-14-10-6-2-1-5-9(10)13-11-7-3-4-8-12(11)18-15(13)16-14/h1-8H,(H,16,17). The molecule has 0 saturated heterocycles. The number of aromatic amines is 1. The van der Waals surface area contributed by atoms with Crippen LogP contribution in [0.25, 0.3) is 31.1 Å². The largest absolute Gasteiger partial charge is 0.313 e. The summed E-state index contributed by atoms with van der Waals surface area (Å²) in [6.07, 6.45) is 0. The zero-order valence-corrected chi connectivity index (χ0v) is 10.3. The van der Waals surface area contributed by atoms with E-state index in [1.807, 2.05) is 36.4 Å². The molecule has 0 aliphatic carbocycles. The molecule has 0 radical (unpaired) electrons. The summed E-state index contributed by atoms with van der Waals surface area (Å²) in [6, 6.07) is 16.0. The highest BCUT2D eigenvalue weighted by Gasteiger charge is 2.10. The van der Waals surface area contributed by atoms with Crippen LogP contribution in [0.5, 0.6) is 0 Å². The molecule has 1 N–H and O–H groups in total. The average molecular weight is 251 g/mol. The van der Waals surface area contributed by atoms with E-state index in [9.17, 15) is 4.79 Å². The molecule has 0 unspecified atom stereocenters. The Kier molecular flexibility index (Phi) is 1.88. The molecule has 0 bridgehead atoms. The first-order valence-electron chi connectivity index (χ1n) is 5.77. The van der Waals surface area contributed by atoms with Crippen LogP contribution in [0.15, 0.2) is 53.3 Å². The first-order chi connectivity index (χ1) is 8.84. The Morgan fingerprint density at radius 1 is 0.833 bits per heavy atom. The predicted octanol–water partition coefficient (Wildman–Crippen LogP) is 3.90. The van der Waals surface area contributed by atoms with Gasteiger partial charge in [0.1, 0.15) is 4.83 Å². The van der Waals surface area contributed by atoms with Gasteiger partial charge in [0.15, 0.2) is 0 Å². The summed E-state index contributed by atoms with van der Waals surface area (Å²) in [6.45, 7) is 0. The van der Waals surface area contributed by atoms with Crippen molar-refractivity contribution in [1.82, 2.24) is 4.98 Å². The number of aromatic nitrogens is 1. The minimum atomic E-state index is -0.00958. The van der Waals surface area contributed by atoms with Gasteiger partial charge in [-0.1, -0.05) is 36.4 Å². The summed E-state index contributed by atoms with van der Waals surface area (Å²) >= 11 is 1.64. The fourth-order valence-corrected chi connectivity index (χ4v) is 3.58. The summed E-state index contributed by atoms with van der Waals surface area (Å²) in [7, 11) is 0. The van der Waals surface area contributed by atoms with Gasteiger partial charge in [-0.05, 0) is 17.5 Å². The SMILES string of the molecule is O=c1[nH]c2sc3ccccc3c2c2ccccc12. The van der Waals surface area contributed by atoms with E-state index in [1.54, 1.807) is 11.3 Å². The van der Waals surface area contributed by atoms with Crippen molar-refractivity contribution < 1.29 is 0 Å². The van der Waals surface area contributed by atoms with Gasteiger partial charge in [-0.2, -0.15) is 0 Å². The van der Waals surface area contributed by atoms with E-state index in [0.29, 0.717) is 0 Å². The van der Waals surface area contributed by atoms with Crippen molar-refractivity contribution in [3.05, 3.63) is 58.9 Å². The van der Waals surface area contributed by atoms with E-state index in [1.165, 1.54) is 10.1 Å². The van der Waals surface area contributed by atoms with Crippen LogP contribution >= 0.6 is 11.3 Å². The van der Waals surface area contributed by atoms with Crippen LogP contribution in [0, 0.1) is 0 Å². The molecule has 2 aromatic carbocycles. The maximum absolute atomic E-state index is 12.0. The molecule has 0 aliphatic heterocycles. The highest BCUT2D eigenvalue weighted by molar-refractivity contribution is 7.25. The van der Waals surface area contributed by atoms with Crippen LogP contribution in [0.1, 0.15) is 0 Å². The van der Waals surface area contributed by atoms with Crippen molar-refractivity contribution >= 4 is 42.4 Å². The molecule has 2 nitrogen and oxygen atoms in total. The van der Waals surface area contributed by atoms with E-state index in [0.717, 1.165) is 21.0 Å². The lowest BCUT2D eigenvalue weighted by molar-refractivity contribution is 1.37. The highest BCUT2D eigenvalue weighted by Crippen LogP contribution is 2.35. The van der Waals surface area contributed by atoms with E-state index >= 15 is 0 Å². The van der Waals surface area contributed by atoms with Gasteiger partial charge >= 0.3 is 0 Å². The number of hydrogen-bond acceptors (Lipinski definition) is 2. The molecule has 86 valence electrons. The van der Waals surface area contributed by atoms with Gasteiger partial charge in [0, 0.05) is 20.9 Å². The zero-order valence-electron chi connectivity index (χ0n) is 9.44. The van der Waals surface area contributed by atoms with Gasteiger partial charge in [-0.15, -0.1) is 11.3 Å². The lowest BCUT2D eigenvalue weighted by Crippen LogP contribution is -2.04. The second kappa shape index (κ2) is 3.43. The molecule has 0 fully saturated rings. The third-order valence-electron chi connectivity index (χ3n) is 3.26. The summed E-state index contributed by atoms with van der Waals surface area (Å²) < 4.78 is 1.21. The van der Waals surface area contributed by atoms with Crippen LogP contribution in [0.4, 0.5) is 0 Å². The number of pyridine rings is 1.